The zero-order chi connectivity index (χ0) is 13.1. The van der Waals surface area contributed by atoms with E-state index in [0.29, 0.717) is 0 Å². The summed E-state index contributed by atoms with van der Waals surface area (Å²) in [6.07, 6.45) is -3.79. The lowest BCUT2D eigenvalue weighted by molar-refractivity contribution is -0.148. The SMILES string of the molecule is Cc1ccc(OCC(F)(F)C(F)F)c(C#N)c1. The van der Waals surface area contributed by atoms with Gasteiger partial charge in [-0.15, -0.1) is 0 Å². The lowest BCUT2D eigenvalue weighted by Crippen LogP contribution is -2.33. The van der Waals surface area contributed by atoms with Gasteiger partial charge in [0, 0.05) is 0 Å². The zero-order valence-electron chi connectivity index (χ0n) is 8.88. The maximum Gasteiger partial charge on any atom is 0.340 e. The number of hydrogen-bond acceptors (Lipinski definition) is 2. The first-order chi connectivity index (χ1) is 7.86. The molecule has 1 aromatic rings. The smallest absolute Gasteiger partial charge is 0.340 e. The minimum Gasteiger partial charge on any atom is -0.486 e. The molecule has 1 aromatic carbocycles. The highest BCUT2D eigenvalue weighted by atomic mass is 19.3. The summed E-state index contributed by atoms with van der Waals surface area (Å²) in [5.41, 5.74) is 0.782. The first-order valence-corrected chi connectivity index (χ1v) is 4.66. The Balaban J connectivity index is 2.80. The maximum absolute atomic E-state index is 12.6. The molecule has 0 atom stereocenters. The van der Waals surface area contributed by atoms with Crippen molar-refractivity contribution < 1.29 is 22.3 Å². The standard InChI is InChI=1S/C11H9F4NO/c1-7-2-3-9(8(4-7)5-16)17-6-11(14,15)10(12)13/h2-4,10H,6H2,1H3. The van der Waals surface area contributed by atoms with Crippen LogP contribution < -0.4 is 4.74 Å². The molecule has 0 N–H and O–H groups in total. The minimum absolute atomic E-state index is 0.0371. The van der Waals surface area contributed by atoms with Gasteiger partial charge in [0.15, 0.2) is 6.61 Å². The van der Waals surface area contributed by atoms with Gasteiger partial charge in [0.1, 0.15) is 11.8 Å². The predicted octanol–water partition coefficient (Wildman–Crippen LogP) is 3.15. The molecule has 0 spiro atoms. The van der Waals surface area contributed by atoms with E-state index in [-0.39, 0.29) is 11.3 Å². The molecular weight excluding hydrogens is 238 g/mol. The van der Waals surface area contributed by atoms with Gasteiger partial charge in [0.2, 0.25) is 0 Å². The Hall–Kier alpha value is -1.77. The lowest BCUT2D eigenvalue weighted by atomic mass is 10.1. The average Bonchev–Trinajstić information content (AvgIpc) is 2.27. The zero-order valence-corrected chi connectivity index (χ0v) is 8.88. The van der Waals surface area contributed by atoms with Crippen LogP contribution in [0.3, 0.4) is 0 Å². The van der Waals surface area contributed by atoms with Crippen molar-refractivity contribution in [1.29, 1.82) is 5.26 Å². The molecule has 0 heterocycles. The molecule has 0 aromatic heterocycles. The molecule has 0 unspecified atom stereocenters. The van der Waals surface area contributed by atoms with Gasteiger partial charge in [-0.1, -0.05) is 6.07 Å². The van der Waals surface area contributed by atoms with Crippen molar-refractivity contribution in [3.8, 4) is 11.8 Å². The summed E-state index contributed by atoms with van der Waals surface area (Å²) in [4.78, 5) is 0. The lowest BCUT2D eigenvalue weighted by Gasteiger charge is -2.16. The number of aryl methyl sites for hydroxylation is 1. The summed E-state index contributed by atoms with van der Waals surface area (Å²) in [6.45, 7) is 0.251. The Morgan fingerprint density at radius 1 is 1.41 bits per heavy atom. The van der Waals surface area contributed by atoms with Gasteiger partial charge in [-0.05, 0) is 24.6 Å². The van der Waals surface area contributed by atoms with Crippen LogP contribution >= 0.6 is 0 Å². The number of rotatable bonds is 4. The van der Waals surface area contributed by atoms with E-state index in [1.54, 1.807) is 13.0 Å². The molecule has 6 heteroatoms. The van der Waals surface area contributed by atoms with E-state index in [1.807, 2.05) is 0 Å². The van der Waals surface area contributed by atoms with E-state index in [1.165, 1.54) is 18.2 Å². The highest BCUT2D eigenvalue weighted by Gasteiger charge is 2.41. The third-order valence-corrected chi connectivity index (χ3v) is 1.99. The minimum atomic E-state index is -4.22. The molecule has 17 heavy (non-hydrogen) atoms. The molecule has 0 aliphatic heterocycles. The second-order valence-electron chi connectivity index (χ2n) is 3.46. The van der Waals surface area contributed by atoms with Crippen LogP contribution in [0.5, 0.6) is 5.75 Å². The third kappa shape index (κ3) is 3.34. The first kappa shape index (κ1) is 13.3. The van der Waals surface area contributed by atoms with E-state index in [0.717, 1.165) is 5.56 Å². The molecule has 2 nitrogen and oxygen atoms in total. The van der Waals surface area contributed by atoms with Gasteiger partial charge in [0.25, 0.3) is 0 Å². The number of alkyl halides is 4. The molecule has 92 valence electrons. The number of benzene rings is 1. The number of nitriles is 1. The third-order valence-electron chi connectivity index (χ3n) is 1.99. The molecule has 0 saturated heterocycles. The Morgan fingerprint density at radius 3 is 2.59 bits per heavy atom. The Morgan fingerprint density at radius 2 is 2.06 bits per heavy atom. The van der Waals surface area contributed by atoms with Crippen molar-refractivity contribution in [3.05, 3.63) is 29.3 Å². The average molecular weight is 247 g/mol. The maximum atomic E-state index is 12.6. The number of halogens is 4. The molecule has 0 radical (unpaired) electrons. The highest BCUT2D eigenvalue weighted by Crippen LogP contribution is 2.26. The van der Waals surface area contributed by atoms with E-state index in [2.05, 4.69) is 4.74 Å². The van der Waals surface area contributed by atoms with Crippen LogP contribution in [0.2, 0.25) is 0 Å². The Bertz CT molecular complexity index is 440. The second-order valence-corrected chi connectivity index (χ2v) is 3.46. The van der Waals surface area contributed by atoms with Gasteiger partial charge in [0.05, 0.1) is 5.56 Å². The Labute approximate surface area is 95.4 Å². The first-order valence-electron chi connectivity index (χ1n) is 4.66. The van der Waals surface area contributed by atoms with Crippen molar-refractivity contribution in [3.63, 3.8) is 0 Å². The summed E-state index contributed by atoms with van der Waals surface area (Å²) in [5.74, 6) is -4.35. The monoisotopic (exact) mass is 247 g/mol. The van der Waals surface area contributed by atoms with Crippen LogP contribution in [-0.4, -0.2) is 19.0 Å². The van der Waals surface area contributed by atoms with Crippen LogP contribution in [0, 0.1) is 18.3 Å². The van der Waals surface area contributed by atoms with Crippen molar-refractivity contribution >= 4 is 0 Å². The van der Waals surface area contributed by atoms with Gasteiger partial charge in [-0.3, -0.25) is 0 Å². The predicted molar refractivity (Wildman–Crippen MR) is 52.3 cm³/mol. The van der Waals surface area contributed by atoms with E-state index < -0.39 is 19.0 Å². The van der Waals surface area contributed by atoms with Gasteiger partial charge in [-0.25, -0.2) is 8.78 Å². The normalized spacial score (nSPS) is 11.4. The van der Waals surface area contributed by atoms with E-state index in [4.69, 9.17) is 5.26 Å². The summed E-state index contributed by atoms with van der Waals surface area (Å²) < 4.78 is 53.5. The fourth-order valence-corrected chi connectivity index (χ4v) is 1.09. The second kappa shape index (κ2) is 5.04. The fourth-order valence-electron chi connectivity index (χ4n) is 1.09. The van der Waals surface area contributed by atoms with Gasteiger partial charge < -0.3 is 4.74 Å². The summed E-state index contributed by atoms with van der Waals surface area (Å²) >= 11 is 0. The van der Waals surface area contributed by atoms with Gasteiger partial charge in [-0.2, -0.15) is 14.0 Å². The topological polar surface area (TPSA) is 33.0 Å². The molecule has 1 rings (SSSR count). The molecule has 0 aliphatic carbocycles. The number of ether oxygens (including phenoxy) is 1. The van der Waals surface area contributed by atoms with Crippen LogP contribution in [0.1, 0.15) is 11.1 Å². The van der Waals surface area contributed by atoms with Crippen LogP contribution in [0.15, 0.2) is 18.2 Å². The van der Waals surface area contributed by atoms with E-state index >= 15 is 0 Å². The molecule has 0 fully saturated rings. The molecule has 0 saturated carbocycles. The van der Waals surface area contributed by atoms with Crippen LogP contribution in [0.25, 0.3) is 0 Å². The number of hydrogen-bond donors (Lipinski definition) is 0. The molecular formula is C11H9F4NO. The van der Waals surface area contributed by atoms with Crippen LogP contribution in [-0.2, 0) is 0 Å². The van der Waals surface area contributed by atoms with Crippen molar-refractivity contribution in [2.45, 2.75) is 19.3 Å². The largest absolute Gasteiger partial charge is 0.486 e. The quantitative estimate of drug-likeness (QED) is 0.766. The van der Waals surface area contributed by atoms with Crippen molar-refractivity contribution in [2.75, 3.05) is 6.61 Å². The van der Waals surface area contributed by atoms with E-state index in [9.17, 15) is 17.6 Å². The highest BCUT2D eigenvalue weighted by molar-refractivity contribution is 5.45. The summed E-state index contributed by atoms with van der Waals surface area (Å²) in [5, 5.41) is 8.72. The number of nitrogens with zero attached hydrogens (tertiary/aromatic N) is 1. The van der Waals surface area contributed by atoms with Crippen molar-refractivity contribution in [1.82, 2.24) is 0 Å². The molecule has 0 aliphatic rings. The fraction of sp³-hybridized carbons (Fsp3) is 0.364. The Kier molecular flexibility index (Phi) is 3.94. The molecule has 0 bridgehead atoms. The summed E-state index contributed by atoms with van der Waals surface area (Å²) in [6, 6.07) is 6.01. The van der Waals surface area contributed by atoms with Crippen molar-refractivity contribution in [2.24, 2.45) is 0 Å². The van der Waals surface area contributed by atoms with Gasteiger partial charge >= 0.3 is 12.3 Å². The molecule has 0 amide bonds. The van der Waals surface area contributed by atoms with Crippen LogP contribution in [0.4, 0.5) is 17.6 Å². The summed E-state index contributed by atoms with van der Waals surface area (Å²) in [7, 11) is 0.